The lowest BCUT2D eigenvalue weighted by molar-refractivity contribution is -0.170. The van der Waals surface area contributed by atoms with Crippen molar-refractivity contribution in [1.82, 2.24) is 5.06 Å². The fourth-order valence-electron chi connectivity index (χ4n) is 5.43. The Morgan fingerprint density at radius 1 is 1.00 bits per heavy atom. The van der Waals surface area contributed by atoms with Crippen molar-refractivity contribution in [2.45, 2.75) is 85.5 Å². The van der Waals surface area contributed by atoms with E-state index in [2.05, 4.69) is 32.8 Å². The zero-order valence-corrected chi connectivity index (χ0v) is 15.6. The second-order valence-corrected chi connectivity index (χ2v) is 8.34. The van der Waals surface area contributed by atoms with Crippen LogP contribution in [0.25, 0.3) is 0 Å². The molecule has 2 rings (SSSR count). The normalized spacial score (nSPS) is 35.0. The summed E-state index contributed by atoms with van der Waals surface area (Å²) < 4.78 is 0. The number of fused-ring (bicyclic) bond motifs is 2. The summed E-state index contributed by atoms with van der Waals surface area (Å²) in [6, 6.07) is 0. The maximum atomic E-state index is 6.15. The van der Waals surface area contributed by atoms with Crippen LogP contribution in [0.5, 0.6) is 0 Å². The molecule has 4 unspecified atom stereocenters. The van der Waals surface area contributed by atoms with Crippen LogP contribution in [-0.4, -0.2) is 24.8 Å². The van der Waals surface area contributed by atoms with Crippen molar-refractivity contribution in [3.8, 4) is 0 Å². The van der Waals surface area contributed by atoms with Crippen LogP contribution in [0.4, 0.5) is 0 Å². The minimum absolute atomic E-state index is 0.603. The van der Waals surface area contributed by atoms with Gasteiger partial charge in [0.05, 0.1) is 6.61 Å². The van der Waals surface area contributed by atoms with Crippen LogP contribution in [0.3, 0.4) is 0 Å². The molecule has 0 amide bonds. The minimum Gasteiger partial charge on any atom is -0.299 e. The van der Waals surface area contributed by atoms with E-state index < -0.39 is 0 Å². The number of nitrogens with zero attached hydrogens (tertiary/aromatic N) is 1. The highest BCUT2D eigenvalue weighted by Gasteiger charge is 2.44. The molecule has 2 aliphatic rings. The maximum absolute atomic E-state index is 6.15. The lowest BCUT2D eigenvalue weighted by Crippen LogP contribution is -2.41. The molecule has 2 saturated carbocycles. The van der Waals surface area contributed by atoms with E-state index in [-0.39, 0.29) is 0 Å². The van der Waals surface area contributed by atoms with E-state index in [1.54, 1.807) is 0 Å². The van der Waals surface area contributed by atoms with E-state index in [1.807, 2.05) is 0 Å². The Labute approximate surface area is 138 Å². The van der Waals surface area contributed by atoms with E-state index in [0.717, 1.165) is 37.5 Å². The Bertz CT molecular complexity index is 309. The van der Waals surface area contributed by atoms with Crippen LogP contribution in [-0.2, 0) is 4.84 Å². The van der Waals surface area contributed by atoms with Crippen molar-refractivity contribution in [2.75, 3.05) is 19.7 Å². The second-order valence-electron chi connectivity index (χ2n) is 8.34. The SMILES string of the molecule is CCCN(CCC)OCCC12CC(C)CC(CC(CC)C1)C2. The van der Waals surface area contributed by atoms with Gasteiger partial charge in [-0.1, -0.05) is 34.1 Å². The Hall–Kier alpha value is -0.0800. The summed E-state index contributed by atoms with van der Waals surface area (Å²) in [4.78, 5) is 6.15. The molecule has 0 aliphatic heterocycles. The van der Waals surface area contributed by atoms with Gasteiger partial charge in [-0.25, -0.2) is 0 Å². The van der Waals surface area contributed by atoms with Crippen molar-refractivity contribution in [3.05, 3.63) is 0 Å². The summed E-state index contributed by atoms with van der Waals surface area (Å²) in [5.74, 6) is 2.91. The summed E-state index contributed by atoms with van der Waals surface area (Å²) in [5.41, 5.74) is 0.603. The molecular formula is C20H39NO. The first-order valence-electron chi connectivity index (χ1n) is 9.98. The lowest BCUT2D eigenvalue weighted by Gasteiger charge is -2.51. The first-order chi connectivity index (χ1) is 10.6. The van der Waals surface area contributed by atoms with E-state index in [0.29, 0.717) is 5.41 Å². The predicted octanol–water partition coefficient (Wildman–Crippen LogP) is 5.67. The molecule has 2 nitrogen and oxygen atoms in total. The molecule has 4 atom stereocenters. The summed E-state index contributed by atoms with van der Waals surface area (Å²) >= 11 is 0. The van der Waals surface area contributed by atoms with Gasteiger partial charge in [-0.05, 0) is 74.5 Å². The molecule has 0 aromatic rings. The Morgan fingerprint density at radius 2 is 1.73 bits per heavy atom. The third-order valence-corrected chi connectivity index (χ3v) is 6.06. The quantitative estimate of drug-likeness (QED) is 0.509. The van der Waals surface area contributed by atoms with Crippen molar-refractivity contribution >= 4 is 0 Å². The third-order valence-electron chi connectivity index (χ3n) is 6.06. The van der Waals surface area contributed by atoms with E-state index in [1.165, 1.54) is 57.8 Å². The van der Waals surface area contributed by atoms with E-state index in [9.17, 15) is 0 Å². The molecule has 2 bridgehead atoms. The first kappa shape index (κ1) is 18.3. The summed E-state index contributed by atoms with van der Waals surface area (Å²) in [5, 5.41) is 2.21. The molecule has 2 fully saturated rings. The van der Waals surface area contributed by atoms with Crippen LogP contribution in [0.1, 0.15) is 85.5 Å². The average molecular weight is 310 g/mol. The van der Waals surface area contributed by atoms with Gasteiger partial charge in [0, 0.05) is 13.1 Å². The summed E-state index contributed by atoms with van der Waals surface area (Å²) in [6.07, 6.45) is 12.4. The van der Waals surface area contributed by atoms with Crippen LogP contribution < -0.4 is 0 Å². The Kier molecular flexibility index (Phi) is 7.21. The molecule has 0 spiro atoms. The largest absolute Gasteiger partial charge is 0.299 e. The lowest BCUT2D eigenvalue weighted by atomic mass is 9.55. The van der Waals surface area contributed by atoms with E-state index in [4.69, 9.17) is 4.84 Å². The van der Waals surface area contributed by atoms with Gasteiger partial charge in [-0.2, -0.15) is 5.06 Å². The smallest absolute Gasteiger partial charge is 0.0690 e. The molecule has 22 heavy (non-hydrogen) atoms. The first-order valence-corrected chi connectivity index (χ1v) is 9.98. The number of rotatable bonds is 9. The standard InChI is InChI=1S/C20H39NO/c1-5-9-21(10-6-2)22-11-8-20-14-17(4)12-19(16-20)13-18(7-3)15-20/h17-19H,5-16H2,1-4H3. The molecule has 0 aromatic heterocycles. The molecule has 2 heteroatoms. The maximum Gasteiger partial charge on any atom is 0.0690 e. The van der Waals surface area contributed by atoms with Crippen LogP contribution in [0.2, 0.25) is 0 Å². The molecule has 2 aliphatic carbocycles. The molecule has 130 valence electrons. The third kappa shape index (κ3) is 4.96. The highest BCUT2D eigenvalue weighted by molar-refractivity contribution is 4.95. The van der Waals surface area contributed by atoms with Crippen molar-refractivity contribution < 1.29 is 4.84 Å². The second kappa shape index (κ2) is 8.68. The molecule has 0 heterocycles. The van der Waals surface area contributed by atoms with Gasteiger partial charge < -0.3 is 0 Å². The molecule has 0 radical (unpaired) electrons. The van der Waals surface area contributed by atoms with Gasteiger partial charge in [-0.3, -0.25) is 4.84 Å². The zero-order chi connectivity index (χ0) is 16.0. The van der Waals surface area contributed by atoms with Gasteiger partial charge in [0.25, 0.3) is 0 Å². The summed E-state index contributed by atoms with van der Waals surface area (Å²) in [6.45, 7) is 12.5. The summed E-state index contributed by atoms with van der Waals surface area (Å²) in [7, 11) is 0. The van der Waals surface area contributed by atoms with Gasteiger partial charge in [0.15, 0.2) is 0 Å². The molecular weight excluding hydrogens is 270 g/mol. The van der Waals surface area contributed by atoms with Crippen LogP contribution in [0.15, 0.2) is 0 Å². The molecule has 0 N–H and O–H groups in total. The van der Waals surface area contributed by atoms with E-state index >= 15 is 0 Å². The van der Waals surface area contributed by atoms with Gasteiger partial charge in [0.1, 0.15) is 0 Å². The Balaban J connectivity index is 1.87. The molecule has 0 aromatic carbocycles. The van der Waals surface area contributed by atoms with Gasteiger partial charge in [-0.15, -0.1) is 0 Å². The average Bonchev–Trinajstić information content (AvgIpc) is 2.46. The van der Waals surface area contributed by atoms with Crippen molar-refractivity contribution in [1.29, 1.82) is 0 Å². The topological polar surface area (TPSA) is 12.5 Å². The van der Waals surface area contributed by atoms with Crippen LogP contribution in [0, 0.1) is 23.2 Å². The van der Waals surface area contributed by atoms with Crippen molar-refractivity contribution in [2.24, 2.45) is 23.2 Å². The number of hydrogen-bond acceptors (Lipinski definition) is 2. The predicted molar refractivity (Wildman–Crippen MR) is 94.7 cm³/mol. The fourth-order valence-corrected chi connectivity index (χ4v) is 5.43. The van der Waals surface area contributed by atoms with Gasteiger partial charge in [0.2, 0.25) is 0 Å². The zero-order valence-electron chi connectivity index (χ0n) is 15.6. The Morgan fingerprint density at radius 3 is 2.36 bits per heavy atom. The van der Waals surface area contributed by atoms with Crippen molar-refractivity contribution in [3.63, 3.8) is 0 Å². The number of hydrogen-bond donors (Lipinski definition) is 0. The highest BCUT2D eigenvalue weighted by atomic mass is 16.7. The fraction of sp³-hybridized carbons (Fsp3) is 1.00. The van der Waals surface area contributed by atoms with Crippen LogP contribution >= 0.6 is 0 Å². The number of hydroxylamine groups is 2. The van der Waals surface area contributed by atoms with Gasteiger partial charge >= 0.3 is 0 Å². The monoisotopic (exact) mass is 309 g/mol. The highest BCUT2D eigenvalue weighted by Crippen LogP contribution is 2.55. The molecule has 0 saturated heterocycles. The minimum atomic E-state index is 0.603.